The van der Waals surface area contributed by atoms with Crippen LogP contribution in [0.25, 0.3) is 0 Å². The minimum Gasteiger partial charge on any atom is -0.331 e. The van der Waals surface area contributed by atoms with Crippen LogP contribution in [0.2, 0.25) is 0 Å². The van der Waals surface area contributed by atoms with Crippen molar-refractivity contribution < 1.29 is 22.8 Å². The third kappa shape index (κ3) is 6.09. The molecule has 0 spiro atoms. The van der Waals surface area contributed by atoms with Gasteiger partial charge in [0.25, 0.3) is 0 Å². The maximum atomic E-state index is 12.6. The van der Waals surface area contributed by atoms with Crippen LogP contribution in [0.1, 0.15) is 18.1 Å². The summed E-state index contributed by atoms with van der Waals surface area (Å²) in [6, 6.07) is 14.9. The van der Waals surface area contributed by atoms with Crippen LogP contribution in [-0.4, -0.2) is 35.5 Å². The molecule has 5 nitrogen and oxygen atoms in total. The lowest BCUT2D eigenvalue weighted by Gasteiger charge is -2.22. The van der Waals surface area contributed by atoms with Crippen LogP contribution in [0.3, 0.4) is 0 Å². The summed E-state index contributed by atoms with van der Waals surface area (Å²) in [5.74, 6) is -2.30. The fraction of sp³-hybridized carbons (Fsp3) is 0.300. The first kappa shape index (κ1) is 21.4. The van der Waals surface area contributed by atoms with Crippen molar-refractivity contribution in [3.63, 3.8) is 0 Å². The van der Waals surface area contributed by atoms with E-state index in [2.05, 4.69) is 5.32 Å². The van der Waals surface area contributed by atoms with Crippen LogP contribution in [-0.2, 0) is 22.6 Å². The topological polar surface area (TPSA) is 75.4 Å². The quantitative estimate of drug-likeness (QED) is 0.759. The molecular formula is C20H22F3N3O2. The van der Waals surface area contributed by atoms with E-state index in [1.54, 1.807) is 18.2 Å². The van der Waals surface area contributed by atoms with Gasteiger partial charge in [0.05, 0.1) is 6.04 Å². The summed E-state index contributed by atoms with van der Waals surface area (Å²) in [5.41, 5.74) is 7.73. The molecule has 2 aromatic carbocycles. The van der Waals surface area contributed by atoms with Gasteiger partial charge in [-0.3, -0.25) is 9.59 Å². The molecule has 0 aliphatic carbocycles. The molecule has 3 N–H and O–H groups in total. The molecule has 2 rings (SSSR count). The summed E-state index contributed by atoms with van der Waals surface area (Å²) >= 11 is 0. The lowest BCUT2D eigenvalue weighted by Crippen LogP contribution is -2.40. The Balaban J connectivity index is 2.02. The van der Waals surface area contributed by atoms with Gasteiger partial charge in [0.15, 0.2) is 0 Å². The van der Waals surface area contributed by atoms with Gasteiger partial charge in [0, 0.05) is 18.8 Å². The van der Waals surface area contributed by atoms with Gasteiger partial charge in [-0.05, 0) is 36.6 Å². The molecule has 28 heavy (non-hydrogen) atoms. The Hall–Kier alpha value is -2.87. The molecule has 1 atom stereocenters. The third-order valence-electron chi connectivity index (χ3n) is 4.11. The van der Waals surface area contributed by atoms with E-state index in [1.807, 2.05) is 30.3 Å². The van der Waals surface area contributed by atoms with Crippen molar-refractivity contribution >= 4 is 17.5 Å². The van der Waals surface area contributed by atoms with Gasteiger partial charge in [0.2, 0.25) is 5.91 Å². The zero-order valence-electron chi connectivity index (χ0n) is 15.4. The van der Waals surface area contributed by atoms with Crippen molar-refractivity contribution in [1.29, 1.82) is 0 Å². The monoisotopic (exact) mass is 393 g/mol. The van der Waals surface area contributed by atoms with Crippen LogP contribution >= 0.6 is 0 Å². The van der Waals surface area contributed by atoms with Gasteiger partial charge in [-0.1, -0.05) is 42.5 Å². The number of rotatable bonds is 7. The van der Waals surface area contributed by atoms with Gasteiger partial charge in [-0.15, -0.1) is 0 Å². The maximum Gasteiger partial charge on any atom is 0.471 e. The van der Waals surface area contributed by atoms with Crippen LogP contribution in [0, 0.1) is 0 Å². The first-order chi connectivity index (χ1) is 13.2. The fourth-order valence-corrected chi connectivity index (χ4v) is 2.67. The van der Waals surface area contributed by atoms with Crippen LogP contribution in [0.5, 0.6) is 0 Å². The molecule has 0 unspecified atom stereocenters. The Morgan fingerprint density at radius 3 is 2.32 bits per heavy atom. The highest BCUT2D eigenvalue weighted by atomic mass is 19.4. The highest BCUT2D eigenvalue weighted by Crippen LogP contribution is 2.21. The second-order valence-electron chi connectivity index (χ2n) is 6.30. The second kappa shape index (κ2) is 9.36. The average Bonchev–Trinajstić information content (AvgIpc) is 2.66. The lowest BCUT2D eigenvalue weighted by atomic mass is 10.1. The number of hydrogen-bond donors (Lipinski definition) is 2. The zero-order valence-corrected chi connectivity index (χ0v) is 15.4. The molecule has 0 saturated heterocycles. The Bertz CT molecular complexity index is 810. The van der Waals surface area contributed by atoms with Crippen molar-refractivity contribution in [3.8, 4) is 0 Å². The molecule has 0 aromatic heterocycles. The number of carbonyl (C=O) groups is 2. The van der Waals surface area contributed by atoms with E-state index in [-0.39, 0.29) is 13.1 Å². The van der Waals surface area contributed by atoms with Gasteiger partial charge >= 0.3 is 12.1 Å². The Morgan fingerprint density at radius 1 is 1.07 bits per heavy atom. The maximum absolute atomic E-state index is 12.6. The van der Waals surface area contributed by atoms with Gasteiger partial charge in [-0.2, -0.15) is 13.2 Å². The zero-order chi connectivity index (χ0) is 20.7. The molecule has 2 aromatic rings. The molecule has 0 fully saturated rings. The minimum atomic E-state index is -4.92. The fourth-order valence-electron chi connectivity index (χ4n) is 2.67. The van der Waals surface area contributed by atoms with Crippen LogP contribution in [0.4, 0.5) is 18.9 Å². The standard InChI is InChI=1S/C20H22F3N3O2/c1-2-26(19(28)20(21,22)23)13-15-9-6-10-16(11-15)25-18(27)17(24)12-14-7-4-3-5-8-14/h3-11,17H,2,12-13,24H2,1H3,(H,25,27)/t17-/m0/s1. The van der Waals surface area contributed by atoms with Crippen LogP contribution < -0.4 is 11.1 Å². The van der Waals surface area contributed by atoms with Crippen molar-refractivity contribution in [2.24, 2.45) is 5.73 Å². The first-order valence-electron chi connectivity index (χ1n) is 8.76. The van der Waals surface area contributed by atoms with Crippen LogP contribution in [0.15, 0.2) is 54.6 Å². The number of carbonyl (C=O) groups excluding carboxylic acids is 2. The van der Waals surface area contributed by atoms with E-state index in [9.17, 15) is 22.8 Å². The van der Waals surface area contributed by atoms with Gasteiger partial charge < -0.3 is 16.0 Å². The summed E-state index contributed by atoms with van der Waals surface area (Å²) in [7, 11) is 0. The van der Waals surface area contributed by atoms with E-state index in [0.717, 1.165) is 5.56 Å². The normalized spacial score (nSPS) is 12.3. The number of nitrogens with zero attached hydrogens (tertiary/aromatic N) is 1. The molecule has 0 aliphatic heterocycles. The summed E-state index contributed by atoms with van der Waals surface area (Å²) in [4.78, 5) is 24.4. The van der Waals surface area contributed by atoms with E-state index < -0.39 is 24.0 Å². The number of benzene rings is 2. The molecule has 0 saturated carbocycles. The largest absolute Gasteiger partial charge is 0.471 e. The van der Waals surface area contributed by atoms with Gasteiger partial charge in [0.1, 0.15) is 0 Å². The van der Waals surface area contributed by atoms with Crippen molar-refractivity contribution in [2.75, 3.05) is 11.9 Å². The lowest BCUT2D eigenvalue weighted by molar-refractivity contribution is -0.185. The van der Waals surface area contributed by atoms with E-state index in [4.69, 9.17) is 5.73 Å². The van der Waals surface area contributed by atoms with E-state index in [1.165, 1.54) is 13.0 Å². The number of amides is 2. The smallest absolute Gasteiger partial charge is 0.331 e. The van der Waals surface area contributed by atoms with Crippen molar-refractivity contribution in [1.82, 2.24) is 4.90 Å². The molecule has 0 heterocycles. The number of nitrogens with two attached hydrogens (primary N) is 1. The summed E-state index contributed by atoms with van der Waals surface area (Å²) < 4.78 is 37.9. The predicted molar refractivity (Wildman–Crippen MR) is 100 cm³/mol. The number of anilines is 1. The first-order valence-corrected chi connectivity index (χ1v) is 8.76. The Morgan fingerprint density at radius 2 is 1.71 bits per heavy atom. The second-order valence-corrected chi connectivity index (χ2v) is 6.30. The highest BCUT2D eigenvalue weighted by Gasteiger charge is 2.41. The van der Waals surface area contributed by atoms with Crippen molar-refractivity contribution in [3.05, 3.63) is 65.7 Å². The third-order valence-corrected chi connectivity index (χ3v) is 4.11. The molecular weight excluding hydrogens is 371 g/mol. The van der Waals surface area contributed by atoms with Crippen molar-refractivity contribution in [2.45, 2.75) is 32.1 Å². The van der Waals surface area contributed by atoms with E-state index >= 15 is 0 Å². The number of nitrogens with one attached hydrogen (secondary N) is 1. The molecule has 8 heteroatoms. The molecule has 150 valence electrons. The highest BCUT2D eigenvalue weighted by molar-refractivity contribution is 5.94. The Labute approximate surface area is 161 Å². The number of halogens is 3. The average molecular weight is 393 g/mol. The molecule has 2 amide bonds. The van der Waals surface area contributed by atoms with Gasteiger partial charge in [-0.25, -0.2) is 0 Å². The molecule has 0 bridgehead atoms. The van der Waals surface area contributed by atoms with E-state index in [0.29, 0.717) is 22.6 Å². The summed E-state index contributed by atoms with van der Waals surface area (Å²) in [5, 5.41) is 2.66. The summed E-state index contributed by atoms with van der Waals surface area (Å²) in [6.45, 7) is 1.17. The minimum absolute atomic E-state index is 0.0864. The molecule has 0 radical (unpaired) electrons. The predicted octanol–water partition coefficient (Wildman–Crippen LogP) is 3.11. The SMILES string of the molecule is CCN(Cc1cccc(NC(=O)[C@@H](N)Cc2ccccc2)c1)C(=O)C(F)(F)F. The number of alkyl halides is 3. The summed E-state index contributed by atoms with van der Waals surface area (Å²) in [6.07, 6.45) is -4.57. The number of hydrogen-bond acceptors (Lipinski definition) is 3. The molecule has 0 aliphatic rings. The Kier molecular flexibility index (Phi) is 7.17.